The lowest BCUT2D eigenvalue weighted by Crippen LogP contribution is -2.24. The predicted molar refractivity (Wildman–Crippen MR) is 79.4 cm³/mol. The summed E-state index contributed by atoms with van der Waals surface area (Å²) in [4.78, 5) is 16.7. The van der Waals surface area contributed by atoms with Gasteiger partial charge in [0.15, 0.2) is 0 Å². The molecule has 2 rings (SSSR count). The van der Waals surface area contributed by atoms with Gasteiger partial charge < -0.3 is 4.90 Å². The molecule has 22 heavy (non-hydrogen) atoms. The molecular weight excluding hydrogens is 313 g/mol. The molecule has 1 aromatic heterocycles. The Kier molecular flexibility index (Phi) is 4.55. The number of nitrogens with zero attached hydrogens (tertiary/aromatic N) is 2. The standard InChI is InChI=1S/C15H15F3N2OS/c1-9-19-14(8-22-9)11-4-5-12(7-20(3)10(2)21)13(6-11)15(16,17)18/h4-6,8H,7H2,1-3H3. The maximum atomic E-state index is 13.3. The Balaban J connectivity index is 2.45. The number of carbonyl (C=O) groups is 1. The fraction of sp³-hybridized carbons (Fsp3) is 0.333. The van der Waals surface area contributed by atoms with Crippen LogP contribution >= 0.6 is 11.3 Å². The van der Waals surface area contributed by atoms with Gasteiger partial charge in [-0.3, -0.25) is 4.79 Å². The van der Waals surface area contributed by atoms with Crippen molar-refractivity contribution in [2.24, 2.45) is 0 Å². The quantitative estimate of drug-likeness (QED) is 0.849. The third-order valence-corrected chi connectivity index (χ3v) is 4.05. The van der Waals surface area contributed by atoms with E-state index in [-0.39, 0.29) is 18.0 Å². The van der Waals surface area contributed by atoms with Crippen LogP contribution in [0.3, 0.4) is 0 Å². The largest absolute Gasteiger partial charge is 0.416 e. The lowest BCUT2D eigenvalue weighted by atomic mass is 10.0. The molecule has 1 heterocycles. The molecule has 7 heteroatoms. The second-order valence-corrected chi connectivity index (χ2v) is 6.06. The fourth-order valence-electron chi connectivity index (χ4n) is 2.00. The molecule has 0 N–H and O–H groups in total. The number of aryl methyl sites for hydroxylation is 1. The van der Waals surface area contributed by atoms with Gasteiger partial charge in [0.05, 0.1) is 16.3 Å². The molecule has 0 bridgehead atoms. The molecule has 0 atom stereocenters. The van der Waals surface area contributed by atoms with Gasteiger partial charge in [-0.05, 0) is 18.6 Å². The van der Waals surface area contributed by atoms with Crippen molar-refractivity contribution in [3.8, 4) is 11.3 Å². The van der Waals surface area contributed by atoms with Crippen LogP contribution in [0.5, 0.6) is 0 Å². The van der Waals surface area contributed by atoms with E-state index in [0.717, 1.165) is 11.1 Å². The minimum atomic E-state index is -4.48. The molecule has 0 saturated carbocycles. The van der Waals surface area contributed by atoms with Crippen molar-refractivity contribution in [2.45, 2.75) is 26.6 Å². The fourth-order valence-corrected chi connectivity index (χ4v) is 2.62. The third kappa shape index (κ3) is 3.65. The monoisotopic (exact) mass is 328 g/mol. The van der Waals surface area contributed by atoms with Crippen LogP contribution < -0.4 is 0 Å². The maximum Gasteiger partial charge on any atom is 0.416 e. The minimum absolute atomic E-state index is 0.0703. The third-order valence-electron chi connectivity index (χ3n) is 3.28. The Labute approximate surface area is 130 Å². The van der Waals surface area contributed by atoms with Crippen molar-refractivity contribution in [1.82, 2.24) is 9.88 Å². The smallest absolute Gasteiger partial charge is 0.342 e. The van der Waals surface area contributed by atoms with Crippen molar-refractivity contribution in [2.75, 3.05) is 7.05 Å². The summed E-state index contributed by atoms with van der Waals surface area (Å²) in [7, 11) is 1.47. The Bertz CT molecular complexity index is 694. The maximum absolute atomic E-state index is 13.3. The molecular formula is C15H15F3N2OS. The minimum Gasteiger partial charge on any atom is -0.342 e. The highest BCUT2D eigenvalue weighted by Crippen LogP contribution is 2.35. The molecule has 0 aliphatic heterocycles. The van der Waals surface area contributed by atoms with Crippen LogP contribution in [0.15, 0.2) is 23.6 Å². The first-order valence-corrected chi connectivity index (χ1v) is 7.41. The molecule has 0 aliphatic rings. The Hall–Kier alpha value is -1.89. The summed E-state index contributed by atoms with van der Waals surface area (Å²) in [5.41, 5.74) is 0.287. The molecule has 0 aliphatic carbocycles. The first kappa shape index (κ1) is 16.5. The van der Waals surface area contributed by atoms with Crippen molar-refractivity contribution >= 4 is 17.2 Å². The van der Waals surface area contributed by atoms with Crippen LogP contribution in [-0.4, -0.2) is 22.8 Å². The Morgan fingerprint density at radius 2 is 2.05 bits per heavy atom. The SMILES string of the molecule is CC(=O)N(C)Cc1ccc(-c2csc(C)n2)cc1C(F)(F)F. The van der Waals surface area contributed by atoms with Gasteiger partial charge in [0, 0.05) is 31.5 Å². The van der Waals surface area contributed by atoms with E-state index in [9.17, 15) is 18.0 Å². The molecule has 2 aromatic rings. The number of carbonyl (C=O) groups excluding carboxylic acids is 1. The van der Waals surface area contributed by atoms with Crippen LogP contribution in [0.25, 0.3) is 11.3 Å². The van der Waals surface area contributed by atoms with Crippen molar-refractivity contribution in [3.05, 3.63) is 39.7 Å². The van der Waals surface area contributed by atoms with Gasteiger partial charge in [-0.25, -0.2) is 4.98 Å². The number of halogens is 3. The molecule has 118 valence electrons. The zero-order valence-corrected chi connectivity index (χ0v) is 13.2. The van der Waals surface area contributed by atoms with E-state index in [1.54, 1.807) is 18.4 Å². The van der Waals surface area contributed by atoms with Gasteiger partial charge in [0.25, 0.3) is 0 Å². The Morgan fingerprint density at radius 3 is 2.55 bits per heavy atom. The first-order valence-electron chi connectivity index (χ1n) is 6.53. The average molecular weight is 328 g/mol. The van der Waals surface area contributed by atoms with E-state index in [1.165, 1.54) is 36.3 Å². The highest BCUT2D eigenvalue weighted by Gasteiger charge is 2.34. The molecule has 0 spiro atoms. The molecule has 0 radical (unpaired) electrons. The highest BCUT2D eigenvalue weighted by molar-refractivity contribution is 7.09. The summed E-state index contributed by atoms with van der Waals surface area (Å²) in [6.45, 7) is 3.04. The number of amides is 1. The normalized spacial score (nSPS) is 11.5. The Morgan fingerprint density at radius 1 is 1.36 bits per heavy atom. The van der Waals surface area contributed by atoms with Crippen LogP contribution in [0, 0.1) is 6.92 Å². The van der Waals surface area contributed by atoms with Gasteiger partial charge >= 0.3 is 6.18 Å². The van der Waals surface area contributed by atoms with E-state index >= 15 is 0 Å². The zero-order valence-electron chi connectivity index (χ0n) is 12.4. The molecule has 3 nitrogen and oxygen atoms in total. The zero-order chi connectivity index (χ0) is 16.5. The first-order chi connectivity index (χ1) is 10.2. The number of alkyl halides is 3. The average Bonchev–Trinajstić information content (AvgIpc) is 2.84. The second kappa shape index (κ2) is 6.08. The molecule has 0 fully saturated rings. The van der Waals surface area contributed by atoms with Gasteiger partial charge in [-0.1, -0.05) is 12.1 Å². The number of aromatic nitrogens is 1. The van der Waals surface area contributed by atoms with Crippen molar-refractivity contribution in [3.63, 3.8) is 0 Å². The molecule has 0 unspecified atom stereocenters. The van der Waals surface area contributed by atoms with E-state index < -0.39 is 11.7 Å². The van der Waals surface area contributed by atoms with Crippen LogP contribution in [0.1, 0.15) is 23.1 Å². The lowest BCUT2D eigenvalue weighted by molar-refractivity contribution is -0.139. The summed E-state index contributed by atoms with van der Waals surface area (Å²) < 4.78 is 39.8. The molecule has 0 saturated heterocycles. The lowest BCUT2D eigenvalue weighted by Gasteiger charge is -2.19. The number of thiazole rings is 1. The summed E-state index contributed by atoms with van der Waals surface area (Å²) in [6.07, 6.45) is -4.48. The van der Waals surface area contributed by atoms with Gasteiger partial charge in [-0.2, -0.15) is 13.2 Å². The van der Waals surface area contributed by atoms with Crippen molar-refractivity contribution < 1.29 is 18.0 Å². The van der Waals surface area contributed by atoms with E-state index in [4.69, 9.17) is 0 Å². The highest BCUT2D eigenvalue weighted by atomic mass is 32.1. The van der Waals surface area contributed by atoms with Crippen LogP contribution in [0.4, 0.5) is 13.2 Å². The molecule has 1 amide bonds. The van der Waals surface area contributed by atoms with Gasteiger partial charge in [-0.15, -0.1) is 11.3 Å². The van der Waals surface area contributed by atoms with Gasteiger partial charge in [0.1, 0.15) is 0 Å². The molecule has 1 aromatic carbocycles. The second-order valence-electron chi connectivity index (χ2n) is 5.00. The topological polar surface area (TPSA) is 33.2 Å². The number of rotatable bonds is 3. The van der Waals surface area contributed by atoms with E-state index in [0.29, 0.717) is 11.3 Å². The summed E-state index contributed by atoms with van der Waals surface area (Å²) in [5.74, 6) is -0.285. The van der Waals surface area contributed by atoms with Gasteiger partial charge in [0.2, 0.25) is 5.91 Å². The number of benzene rings is 1. The van der Waals surface area contributed by atoms with Crippen molar-refractivity contribution in [1.29, 1.82) is 0 Å². The van der Waals surface area contributed by atoms with Crippen LogP contribution in [-0.2, 0) is 17.5 Å². The summed E-state index contributed by atoms with van der Waals surface area (Å²) in [6, 6.07) is 4.11. The number of hydrogen-bond donors (Lipinski definition) is 0. The summed E-state index contributed by atoms with van der Waals surface area (Å²) in [5, 5.41) is 2.52. The van der Waals surface area contributed by atoms with E-state index in [1.807, 2.05) is 0 Å². The van der Waals surface area contributed by atoms with E-state index in [2.05, 4.69) is 4.98 Å². The predicted octanol–water partition coefficient (Wildman–Crippen LogP) is 4.12. The summed E-state index contributed by atoms with van der Waals surface area (Å²) >= 11 is 1.39. The van der Waals surface area contributed by atoms with Crippen LogP contribution in [0.2, 0.25) is 0 Å². The number of hydrogen-bond acceptors (Lipinski definition) is 3.